The highest BCUT2D eigenvalue weighted by Gasteiger charge is 2.04. The van der Waals surface area contributed by atoms with Crippen molar-refractivity contribution >= 4 is 18.2 Å². The molecule has 1 rings (SSSR count). The molecule has 0 saturated carbocycles. The molecule has 0 radical (unpaired) electrons. The fourth-order valence-corrected chi connectivity index (χ4v) is 0.871. The highest BCUT2D eigenvalue weighted by molar-refractivity contribution is 5.62. The first-order valence-corrected chi connectivity index (χ1v) is 3.77. The number of hydrogen-bond donors (Lipinski definition) is 0. The molecule has 0 aromatic carbocycles. The van der Waals surface area contributed by atoms with E-state index in [-0.39, 0.29) is 0 Å². The van der Waals surface area contributed by atoms with E-state index in [0.717, 1.165) is 18.1 Å². The van der Waals surface area contributed by atoms with Crippen LogP contribution in [0.3, 0.4) is 0 Å². The minimum absolute atomic E-state index is 0.724. The van der Waals surface area contributed by atoms with E-state index in [2.05, 4.69) is 28.6 Å². The molecule has 1 aromatic heterocycles. The molecule has 0 aliphatic rings. The SMILES string of the molecule is C=Nc1cncnc1N(C)CC. The van der Waals surface area contributed by atoms with Crippen molar-refractivity contribution in [1.82, 2.24) is 9.97 Å². The van der Waals surface area contributed by atoms with Crippen LogP contribution in [-0.4, -0.2) is 30.3 Å². The Labute approximate surface area is 72.0 Å². The lowest BCUT2D eigenvalue weighted by molar-refractivity contribution is 0.928. The molecule has 0 aliphatic carbocycles. The van der Waals surface area contributed by atoms with Crippen LogP contribution in [0.5, 0.6) is 0 Å². The van der Waals surface area contributed by atoms with E-state index in [1.165, 1.54) is 6.33 Å². The topological polar surface area (TPSA) is 41.4 Å². The zero-order chi connectivity index (χ0) is 8.97. The van der Waals surface area contributed by atoms with Crippen LogP contribution >= 0.6 is 0 Å². The Morgan fingerprint density at radius 2 is 2.42 bits per heavy atom. The monoisotopic (exact) mass is 164 g/mol. The molecular weight excluding hydrogens is 152 g/mol. The molecule has 0 amide bonds. The van der Waals surface area contributed by atoms with E-state index < -0.39 is 0 Å². The van der Waals surface area contributed by atoms with Gasteiger partial charge in [-0.1, -0.05) is 0 Å². The lowest BCUT2D eigenvalue weighted by atomic mass is 10.4. The van der Waals surface area contributed by atoms with Crippen LogP contribution in [0.1, 0.15) is 6.92 Å². The second-order valence-corrected chi connectivity index (χ2v) is 2.40. The maximum atomic E-state index is 4.10. The van der Waals surface area contributed by atoms with Gasteiger partial charge >= 0.3 is 0 Å². The average molecular weight is 164 g/mol. The predicted molar refractivity (Wildman–Crippen MR) is 50.2 cm³/mol. The summed E-state index contributed by atoms with van der Waals surface area (Å²) in [4.78, 5) is 13.8. The number of hydrogen-bond acceptors (Lipinski definition) is 4. The van der Waals surface area contributed by atoms with Gasteiger partial charge in [0.1, 0.15) is 12.0 Å². The van der Waals surface area contributed by atoms with Crippen molar-refractivity contribution in [2.75, 3.05) is 18.5 Å². The first-order valence-electron chi connectivity index (χ1n) is 3.77. The van der Waals surface area contributed by atoms with Crippen LogP contribution in [-0.2, 0) is 0 Å². The maximum Gasteiger partial charge on any atom is 0.157 e. The van der Waals surface area contributed by atoms with Gasteiger partial charge in [-0.2, -0.15) is 0 Å². The first kappa shape index (κ1) is 8.64. The van der Waals surface area contributed by atoms with Crippen LogP contribution < -0.4 is 4.90 Å². The number of nitrogens with zero attached hydrogens (tertiary/aromatic N) is 4. The van der Waals surface area contributed by atoms with Crippen molar-refractivity contribution in [3.05, 3.63) is 12.5 Å². The van der Waals surface area contributed by atoms with Gasteiger partial charge in [0.15, 0.2) is 5.82 Å². The van der Waals surface area contributed by atoms with Crippen molar-refractivity contribution in [1.29, 1.82) is 0 Å². The van der Waals surface area contributed by atoms with Gasteiger partial charge in [0.2, 0.25) is 0 Å². The zero-order valence-corrected chi connectivity index (χ0v) is 7.36. The lowest BCUT2D eigenvalue weighted by Crippen LogP contribution is -2.17. The number of anilines is 1. The summed E-state index contributed by atoms with van der Waals surface area (Å²) in [5.41, 5.74) is 0.724. The van der Waals surface area contributed by atoms with Crippen molar-refractivity contribution < 1.29 is 0 Å². The summed E-state index contributed by atoms with van der Waals surface area (Å²) in [6, 6.07) is 0. The zero-order valence-electron chi connectivity index (χ0n) is 7.36. The first-order chi connectivity index (χ1) is 5.79. The molecule has 12 heavy (non-hydrogen) atoms. The van der Waals surface area contributed by atoms with Crippen LogP contribution in [0.2, 0.25) is 0 Å². The molecule has 1 aromatic rings. The summed E-state index contributed by atoms with van der Waals surface area (Å²) in [7, 11) is 1.96. The Morgan fingerprint density at radius 1 is 1.67 bits per heavy atom. The molecule has 0 bridgehead atoms. The van der Waals surface area contributed by atoms with Gasteiger partial charge in [-0.15, -0.1) is 0 Å². The summed E-state index contributed by atoms with van der Waals surface area (Å²) < 4.78 is 0. The summed E-state index contributed by atoms with van der Waals surface area (Å²) >= 11 is 0. The van der Waals surface area contributed by atoms with E-state index in [1.807, 2.05) is 11.9 Å². The maximum absolute atomic E-state index is 4.10. The van der Waals surface area contributed by atoms with Crippen molar-refractivity contribution in [3.63, 3.8) is 0 Å². The van der Waals surface area contributed by atoms with Gasteiger partial charge in [-0.3, -0.25) is 4.99 Å². The smallest absolute Gasteiger partial charge is 0.157 e. The molecule has 1 heterocycles. The third-order valence-corrected chi connectivity index (χ3v) is 1.68. The van der Waals surface area contributed by atoms with E-state index in [0.29, 0.717) is 0 Å². The highest BCUT2D eigenvalue weighted by Crippen LogP contribution is 2.22. The Balaban J connectivity index is 3.04. The summed E-state index contributed by atoms with van der Waals surface area (Å²) in [6.45, 7) is 6.39. The Bertz CT molecular complexity index is 272. The number of rotatable bonds is 3. The van der Waals surface area contributed by atoms with E-state index in [4.69, 9.17) is 0 Å². The molecular formula is C8H12N4. The molecule has 0 aliphatic heterocycles. The third-order valence-electron chi connectivity index (χ3n) is 1.68. The number of aliphatic imine (C=N–C) groups is 1. The second-order valence-electron chi connectivity index (χ2n) is 2.40. The lowest BCUT2D eigenvalue weighted by Gasteiger charge is -2.16. The molecule has 4 heteroatoms. The Morgan fingerprint density at radius 3 is 3.00 bits per heavy atom. The van der Waals surface area contributed by atoms with Crippen LogP contribution in [0.4, 0.5) is 11.5 Å². The highest BCUT2D eigenvalue weighted by atomic mass is 15.2. The molecule has 0 unspecified atom stereocenters. The van der Waals surface area contributed by atoms with Crippen molar-refractivity contribution in [3.8, 4) is 0 Å². The average Bonchev–Trinajstić information content (AvgIpc) is 2.16. The Kier molecular flexibility index (Phi) is 2.74. The van der Waals surface area contributed by atoms with E-state index >= 15 is 0 Å². The molecule has 0 fully saturated rings. The second kappa shape index (κ2) is 3.80. The predicted octanol–water partition coefficient (Wildman–Crippen LogP) is 1.26. The van der Waals surface area contributed by atoms with Gasteiger partial charge in [-0.25, -0.2) is 9.97 Å². The van der Waals surface area contributed by atoms with Gasteiger partial charge in [0.25, 0.3) is 0 Å². The minimum atomic E-state index is 0.724. The minimum Gasteiger partial charge on any atom is -0.358 e. The molecule has 4 nitrogen and oxygen atoms in total. The van der Waals surface area contributed by atoms with Gasteiger partial charge in [-0.05, 0) is 13.6 Å². The van der Waals surface area contributed by atoms with Gasteiger partial charge in [0.05, 0.1) is 6.20 Å². The summed E-state index contributed by atoms with van der Waals surface area (Å²) in [5.74, 6) is 0.822. The quantitative estimate of drug-likeness (QED) is 0.631. The molecule has 0 saturated heterocycles. The summed E-state index contributed by atoms with van der Waals surface area (Å²) in [6.07, 6.45) is 3.16. The largest absolute Gasteiger partial charge is 0.358 e. The van der Waals surface area contributed by atoms with Crippen LogP contribution in [0.15, 0.2) is 17.5 Å². The van der Waals surface area contributed by atoms with E-state index in [9.17, 15) is 0 Å². The third kappa shape index (κ3) is 1.58. The van der Waals surface area contributed by atoms with Gasteiger partial charge < -0.3 is 4.90 Å². The summed E-state index contributed by atoms with van der Waals surface area (Å²) in [5, 5.41) is 0. The standard InChI is InChI=1S/C8H12N4/c1-4-12(3)8-7(9-2)5-10-6-11-8/h5-6H,2,4H2,1,3H3. The van der Waals surface area contributed by atoms with Crippen LogP contribution in [0, 0.1) is 0 Å². The van der Waals surface area contributed by atoms with Crippen LogP contribution in [0.25, 0.3) is 0 Å². The van der Waals surface area contributed by atoms with Crippen molar-refractivity contribution in [2.45, 2.75) is 6.92 Å². The molecule has 64 valence electrons. The fraction of sp³-hybridized carbons (Fsp3) is 0.375. The van der Waals surface area contributed by atoms with E-state index in [1.54, 1.807) is 6.20 Å². The molecule has 0 N–H and O–H groups in total. The number of aromatic nitrogens is 2. The molecule has 0 atom stereocenters. The van der Waals surface area contributed by atoms with Gasteiger partial charge in [0, 0.05) is 13.6 Å². The normalized spacial score (nSPS) is 9.50. The molecule has 0 spiro atoms. The van der Waals surface area contributed by atoms with Crippen molar-refractivity contribution in [2.24, 2.45) is 4.99 Å². The Hall–Kier alpha value is -1.45. The fourth-order valence-electron chi connectivity index (χ4n) is 0.871.